The number of hydrogen-bond acceptors (Lipinski definition) is 10. The van der Waals surface area contributed by atoms with Crippen LogP contribution in [-0.4, -0.2) is 67.7 Å². The molecule has 4 aromatic rings. The summed E-state index contributed by atoms with van der Waals surface area (Å²) in [5, 5.41) is 7.72. The molecule has 48 heavy (non-hydrogen) atoms. The molecule has 1 unspecified atom stereocenters. The molecule has 0 spiro atoms. The Morgan fingerprint density at radius 2 is 1.65 bits per heavy atom. The van der Waals surface area contributed by atoms with Crippen molar-refractivity contribution in [1.29, 1.82) is 0 Å². The average Bonchev–Trinajstić information content (AvgIpc) is 3.55. The lowest BCUT2D eigenvalue weighted by Crippen LogP contribution is -2.44. The predicted octanol–water partition coefficient (Wildman–Crippen LogP) is 6.20. The fourth-order valence-electron chi connectivity index (χ4n) is 5.66. The molecule has 14 heteroatoms. The lowest BCUT2D eigenvalue weighted by Gasteiger charge is -2.35. The summed E-state index contributed by atoms with van der Waals surface area (Å²) in [6.45, 7) is 7.20. The van der Waals surface area contributed by atoms with E-state index in [4.69, 9.17) is 14.3 Å². The number of anilines is 5. The molecule has 1 aromatic heterocycles. The second kappa shape index (κ2) is 14.2. The van der Waals surface area contributed by atoms with E-state index in [0.717, 1.165) is 56.1 Å². The number of methoxy groups -OCH3 is 1. The van der Waals surface area contributed by atoms with E-state index in [-0.39, 0.29) is 17.4 Å². The number of aromatic nitrogens is 2. The molecule has 2 aliphatic heterocycles. The van der Waals surface area contributed by atoms with Crippen molar-refractivity contribution in [2.45, 2.75) is 12.5 Å². The lowest BCUT2D eigenvalue weighted by atomic mass is 10.0. The van der Waals surface area contributed by atoms with Crippen LogP contribution in [0.3, 0.4) is 0 Å². The minimum Gasteiger partial charge on any atom is -0.494 e. The number of nitrogens with one attached hydrogen (secondary N) is 2. The van der Waals surface area contributed by atoms with Gasteiger partial charge >= 0.3 is 0 Å². The van der Waals surface area contributed by atoms with Gasteiger partial charge < -0.3 is 29.9 Å². The summed E-state index contributed by atoms with van der Waals surface area (Å²) in [4.78, 5) is 31.5. The van der Waals surface area contributed by atoms with Gasteiger partial charge in [0.05, 0.1) is 36.8 Å². The van der Waals surface area contributed by atoms with Crippen LogP contribution in [0.4, 0.5) is 41.9 Å². The molecular weight excluding hydrogens is 627 g/mol. The SMILES string of the molecule is C=CC(=O)Nc1cc(Nc2cc(N3OCCC3c3cc(F)cc(Oc4cc(F)cc(F)c4)c3)ncn2)c(OC)cc1N1CCN(C)CC1. The molecule has 6 rings (SSSR count). The molecule has 0 radical (unpaired) electrons. The Kier molecular flexibility index (Phi) is 9.64. The molecular formula is C34H34F3N7O4. The number of nitrogens with zero attached hydrogens (tertiary/aromatic N) is 5. The number of hydrogen-bond donors (Lipinski definition) is 2. The summed E-state index contributed by atoms with van der Waals surface area (Å²) in [6, 6.07) is 11.7. The molecule has 2 fully saturated rings. The number of piperazine rings is 1. The number of rotatable bonds is 10. The van der Waals surface area contributed by atoms with Crippen LogP contribution in [-0.2, 0) is 9.63 Å². The zero-order valence-corrected chi connectivity index (χ0v) is 26.4. The van der Waals surface area contributed by atoms with Gasteiger partial charge in [0.15, 0.2) is 5.82 Å². The van der Waals surface area contributed by atoms with Gasteiger partial charge in [-0.05, 0) is 36.9 Å². The first-order chi connectivity index (χ1) is 23.2. The topological polar surface area (TPSA) is 104 Å². The third kappa shape index (κ3) is 7.45. The molecule has 2 saturated heterocycles. The van der Waals surface area contributed by atoms with Gasteiger partial charge in [-0.3, -0.25) is 9.63 Å². The molecule has 2 N–H and O–H groups in total. The summed E-state index contributed by atoms with van der Waals surface area (Å²) >= 11 is 0. The molecule has 11 nitrogen and oxygen atoms in total. The van der Waals surface area contributed by atoms with Crippen molar-refractivity contribution < 1.29 is 32.3 Å². The van der Waals surface area contributed by atoms with Crippen molar-refractivity contribution in [2.75, 3.05) is 67.5 Å². The highest BCUT2D eigenvalue weighted by Gasteiger charge is 2.30. The van der Waals surface area contributed by atoms with Gasteiger partial charge in [-0.15, -0.1) is 0 Å². The third-order valence-electron chi connectivity index (χ3n) is 8.00. The Bertz CT molecular complexity index is 1800. The minimum absolute atomic E-state index is 0.0679. The normalized spacial score (nSPS) is 16.5. The first-order valence-corrected chi connectivity index (χ1v) is 15.2. The van der Waals surface area contributed by atoms with Crippen LogP contribution < -0.4 is 30.1 Å². The van der Waals surface area contributed by atoms with E-state index in [1.807, 2.05) is 6.07 Å². The molecule has 1 atom stereocenters. The van der Waals surface area contributed by atoms with Gasteiger partial charge in [-0.1, -0.05) is 6.58 Å². The van der Waals surface area contributed by atoms with Gasteiger partial charge in [0, 0.05) is 69.0 Å². The number of amides is 1. The standard InChI is InChI=1S/C34H34F3N7O4/c1-4-34(45)41-27-17-28(31(46-3)18-30(27)43-8-6-42(2)7-9-43)40-32-19-33(39-20-38-32)44-29(5-10-47-44)21-11-22(35)14-25(12-21)48-26-15-23(36)13-24(37)16-26/h4,11-20,29H,1,5-10H2,2-3H3,(H,41,45)(H,38,39,40). The number of ether oxygens (including phenoxy) is 2. The van der Waals surface area contributed by atoms with Crippen molar-refractivity contribution in [1.82, 2.24) is 14.9 Å². The summed E-state index contributed by atoms with van der Waals surface area (Å²) in [6.07, 6.45) is 3.07. The van der Waals surface area contributed by atoms with Gasteiger partial charge in [0.25, 0.3) is 0 Å². The van der Waals surface area contributed by atoms with Crippen LogP contribution in [0.2, 0.25) is 0 Å². The quantitative estimate of drug-likeness (QED) is 0.191. The van der Waals surface area contributed by atoms with Gasteiger partial charge in [-0.2, -0.15) is 0 Å². The minimum atomic E-state index is -0.813. The molecule has 3 heterocycles. The fourth-order valence-corrected chi connectivity index (χ4v) is 5.66. The molecule has 2 aliphatic rings. The maximum Gasteiger partial charge on any atom is 0.247 e. The average molecular weight is 662 g/mol. The number of carbonyl (C=O) groups is 1. The van der Waals surface area contributed by atoms with E-state index in [0.29, 0.717) is 47.4 Å². The van der Waals surface area contributed by atoms with Crippen molar-refractivity contribution >= 4 is 34.6 Å². The highest BCUT2D eigenvalue weighted by molar-refractivity contribution is 6.02. The fraction of sp³-hybridized carbons (Fsp3) is 0.265. The van der Waals surface area contributed by atoms with Crippen LogP contribution >= 0.6 is 0 Å². The van der Waals surface area contributed by atoms with Crippen molar-refractivity contribution in [2.24, 2.45) is 0 Å². The molecule has 0 saturated carbocycles. The monoisotopic (exact) mass is 661 g/mol. The van der Waals surface area contributed by atoms with Gasteiger partial charge in [-0.25, -0.2) is 28.2 Å². The van der Waals surface area contributed by atoms with E-state index in [1.165, 1.54) is 18.5 Å². The Morgan fingerprint density at radius 3 is 2.35 bits per heavy atom. The van der Waals surface area contributed by atoms with Crippen LogP contribution in [0, 0.1) is 17.5 Å². The molecule has 3 aromatic carbocycles. The van der Waals surface area contributed by atoms with Crippen LogP contribution in [0.5, 0.6) is 17.2 Å². The van der Waals surface area contributed by atoms with E-state index < -0.39 is 23.5 Å². The maximum atomic E-state index is 14.8. The molecule has 250 valence electrons. The highest BCUT2D eigenvalue weighted by atomic mass is 19.1. The smallest absolute Gasteiger partial charge is 0.247 e. The van der Waals surface area contributed by atoms with Crippen molar-refractivity contribution in [3.8, 4) is 17.2 Å². The first-order valence-electron chi connectivity index (χ1n) is 15.2. The summed E-state index contributed by atoms with van der Waals surface area (Å²) in [5.74, 6) is -1.29. The molecule has 0 bridgehead atoms. The second-order valence-electron chi connectivity index (χ2n) is 11.3. The Labute approximate surface area is 275 Å². The number of hydroxylamine groups is 1. The maximum absolute atomic E-state index is 14.8. The van der Waals surface area contributed by atoms with Crippen molar-refractivity contribution in [3.05, 3.63) is 96.6 Å². The third-order valence-corrected chi connectivity index (χ3v) is 8.00. The van der Waals surface area contributed by atoms with Crippen LogP contribution in [0.15, 0.2) is 73.6 Å². The van der Waals surface area contributed by atoms with Gasteiger partial charge in [0.2, 0.25) is 5.91 Å². The first kappa shape index (κ1) is 32.6. The zero-order chi connectivity index (χ0) is 33.8. The van der Waals surface area contributed by atoms with E-state index in [2.05, 4.69) is 44.0 Å². The van der Waals surface area contributed by atoms with E-state index in [1.54, 1.807) is 30.4 Å². The second-order valence-corrected chi connectivity index (χ2v) is 11.3. The number of carbonyl (C=O) groups excluding carboxylic acids is 1. The van der Waals surface area contributed by atoms with E-state index >= 15 is 0 Å². The molecule has 0 aliphatic carbocycles. The number of halogens is 3. The summed E-state index contributed by atoms with van der Waals surface area (Å²) in [7, 11) is 3.63. The number of likely N-dealkylation sites (N-methyl/N-ethyl adjacent to an activating group) is 1. The van der Waals surface area contributed by atoms with E-state index in [9.17, 15) is 18.0 Å². The highest BCUT2D eigenvalue weighted by Crippen LogP contribution is 2.40. The molecule has 1 amide bonds. The lowest BCUT2D eigenvalue weighted by molar-refractivity contribution is -0.111. The Hall–Kier alpha value is -5.34. The summed E-state index contributed by atoms with van der Waals surface area (Å²) in [5.41, 5.74) is 2.45. The zero-order valence-electron chi connectivity index (χ0n) is 26.4. The van der Waals surface area contributed by atoms with Gasteiger partial charge in [0.1, 0.15) is 46.8 Å². The Balaban J connectivity index is 1.26. The Morgan fingerprint density at radius 1 is 0.938 bits per heavy atom. The summed E-state index contributed by atoms with van der Waals surface area (Å²) < 4.78 is 53.5. The number of benzene rings is 3. The predicted molar refractivity (Wildman–Crippen MR) is 175 cm³/mol. The van der Waals surface area contributed by atoms with Crippen LogP contribution in [0.1, 0.15) is 18.0 Å². The largest absolute Gasteiger partial charge is 0.494 e. The van der Waals surface area contributed by atoms with Crippen LogP contribution in [0.25, 0.3) is 0 Å². The van der Waals surface area contributed by atoms with Crippen molar-refractivity contribution in [3.63, 3.8) is 0 Å².